The number of nitrogens with two attached hydrogens (primary N) is 1. The van der Waals surface area contributed by atoms with Crippen molar-refractivity contribution in [1.82, 2.24) is 4.90 Å². The first-order valence-electron chi connectivity index (χ1n) is 7.19. The highest BCUT2D eigenvalue weighted by molar-refractivity contribution is 9.10. The Balaban J connectivity index is 1.92. The van der Waals surface area contributed by atoms with Crippen LogP contribution >= 0.6 is 15.9 Å². The van der Waals surface area contributed by atoms with E-state index in [-0.39, 0.29) is 0 Å². The summed E-state index contributed by atoms with van der Waals surface area (Å²) in [4.78, 5) is 6.51. The topological polar surface area (TPSA) is 60.1 Å². The molecule has 2 aromatic rings. The third kappa shape index (κ3) is 3.12. The summed E-state index contributed by atoms with van der Waals surface area (Å²) in [7, 11) is 3.30. The summed E-state index contributed by atoms with van der Waals surface area (Å²) < 4.78 is 11.9. The maximum atomic E-state index is 6.15. The van der Waals surface area contributed by atoms with Crippen LogP contribution in [0.5, 0.6) is 11.5 Å². The number of hydrogen-bond donors (Lipinski definition) is 1. The third-order valence-electron chi connectivity index (χ3n) is 3.85. The standard InChI is InChI=1S/C17H18BrN3O2/c1-22-15-4-3-5-16(23-2)13(15)10-21-9-11-6-7-12(18)8-14(11)20-17(21)19/h3-8H,9-10H2,1-2H3,(H2,19,20). The Morgan fingerprint density at radius 1 is 1.17 bits per heavy atom. The monoisotopic (exact) mass is 375 g/mol. The summed E-state index contributed by atoms with van der Waals surface area (Å²) in [6, 6.07) is 11.8. The van der Waals surface area contributed by atoms with Crippen molar-refractivity contribution < 1.29 is 9.47 Å². The summed E-state index contributed by atoms with van der Waals surface area (Å²) in [5, 5.41) is 0. The average Bonchev–Trinajstić information content (AvgIpc) is 2.55. The van der Waals surface area contributed by atoms with E-state index in [4.69, 9.17) is 15.2 Å². The maximum absolute atomic E-state index is 6.15. The summed E-state index contributed by atoms with van der Waals surface area (Å²) in [6.45, 7) is 1.26. The molecule has 2 N–H and O–H groups in total. The number of benzene rings is 2. The molecule has 1 aliphatic heterocycles. The minimum Gasteiger partial charge on any atom is -0.496 e. The molecule has 1 aliphatic rings. The van der Waals surface area contributed by atoms with Gasteiger partial charge in [0.1, 0.15) is 11.5 Å². The van der Waals surface area contributed by atoms with Crippen LogP contribution in [0.3, 0.4) is 0 Å². The molecule has 0 spiro atoms. The molecule has 0 radical (unpaired) electrons. The Labute approximate surface area is 143 Å². The molecule has 0 aromatic heterocycles. The first kappa shape index (κ1) is 15.7. The van der Waals surface area contributed by atoms with Crippen molar-refractivity contribution in [2.75, 3.05) is 14.2 Å². The van der Waals surface area contributed by atoms with Gasteiger partial charge >= 0.3 is 0 Å². The van der Waals surface area contributed by atoms with Crippen molar-refractivity contribution in [3.05, 3.63) is 52.0 Å². The predicted octanol–water partition coefficient (Wildman–Crippen LogP) is 3.43. The predicted molar refractivity (Wildman–Crippen MR) is 94.2 cm³/mol. The van der Waals surface area contributed by atoms with Gasteiger partial charge in [-0.1, -0.05) is 28.1 Å². The Bertz CT molecular complexity index is 739. The Morgan fingerprint density at radius 3 is 2.52 bits per heavy atom. The van der Waals surface area contributed by atoms with E-state index >= 15 is 0 Å². The van der Waals surface area contributed by atoms with Gasteiger partial charge in [0.15, 0.2) is 5.96 Å². The molecule has 0 amide bonds. The highest BCUT2D eigenvalue weighted by Gasteiger charge is 2.21. The van der Waals surface area contributed by atoms with Gasteiger partial charge in [-0.25, -0.2) is 4.99 Å². The van der Waals surface area contributed by atoms with Crippen molar-refractivity contribution in [2.45, 2.75) is 13.1 Å². The molecule has 2 aromatic carbocycles. The number of rotatable bonds is 4. The molecule has 5 nitrogen and oxygen atoms in total. The molecule has 0 aliphatic carbocycles. The molecule has 6 heteroatoms. The summed E-state index contributed by atoms with van der Waals surface area (Å²) in [5.41, 5.74) is 9.15. The summed E-state index contributed by atoms with van der Waals surface area (Å²) in [5.74, 6) is 2.04. The maximum Gasteiger partial charge on any atom is 0.197 e. The van der Waals surface area contributed by atoms with E-state index in [1.807, 2.05) is 35.2 Å². The van der Waals surface area contributed by atoms with Crippen LogP contribution in [-0.4, -0.2) is 25.1 Å². The van der Waals surface area contributed by atoms with Crippen LogP contribution in [0.25, 0.3) is 0 Å². The van der Waals surface area contributed by atoms with Gasteiger partial charge in [-0.05, 0) is 29.8 Å². The van der Waals surface area contributed by atoms with Gasteiger partial charge in [0.25, 0.3) is 0 Å². The minimum atomic E-state index is 0.489. The van der Waals surface area contributed by atoms with E-state index in [1.165, 1.54) is 0 Å². The van der Waals surface area contributed by atoms with Crippen LogP contribution in [0.4, 0.5) is 5.69 Å². The lowest BCUT2D eigenvalue weighted by molar-refractivity contribution is 0.348. The fourth-order valence-electron chi connectivity index (χ4n) is 2.67. The van der Waals surface area contributed by atoms with Crippen LogP contribution in [0.1, 0.15) is 11.1 Å². The van der Waals surface area contributed by atoms with Gasteiger partial charge in [-0.15, -0.1) is 0 Å². The SMILES string of the molecule is COc1cccc(OC)c1CN1Cc2ccc(Br)cc2N=C1N. The quantitative estimate of drug-likeness (QED) is 0.888. The molecule has 0 fully saturated rings. The molecule has 0 atom stereocenters. The lowest BCUT2D eigenvalue weighted by Crippen LogP contribution is -2.38. The number of aliphatic imine (C=N–C) groups is 1. The average molecular weight is 376 g/mol. The van der Waals surface area contributed by atoms with Crippen molar-refractivity contribution in [3.8, 4) is 11.5 Å². The number of methoxy groups -OCH3 is 2. The highest BCUT2D eigenvalue weighted by atomic mass is 79.9. The molecule has 1 heterocycles. The molecule has 3 rings (SSSR count). The third-order valence-corrected chi connectivity index (χ3v) is 4.34. The molecular weight excluding hydrogens is 358 g/mol. The van der Waals surface area contributed by atoms with Gasteiger partial charge < -0.3 is 20.1 Å². The minimum absolute atomic E-state index is 0.489. The second kappa shape index (κ2) is 6.50. The van der Waals surface area contributed by atoms with Crippen LogP contribution in [0.15, 0.2) is 45.9 Å². The number of nitrogens with zero attached hydrogens (tertiary/aromatic N) is 2. The van der Waals surface area contributed by atoms with E-state index in [0.29, 0.717) is 19.0 Å². The zero-order chi connectivity index (χ0) is 16.4. The summed E-state index contributed by atoms with van der Waals surface area (Å²) >= 11 is 3.46. The van der Waals surface area contributed by atoms with Gasteiger partial charge in [-0.3, -0.25) is 0 Å². The number of halogens is 1. The largest absolute Gasteiger partial charge is 0.496 e. The van der Waals surface area contributed by atoms with Crippen LogP contribution in [0.2, 0.25) is 0 Å². The van der Waals surface area contributed by atoms with E-state index in [0.717, 1.165) is 32.8 Å². The lowest BCUT2D eigenvalue weighted by Gasteiger charge is -2.29. The first-order chi connectivity index (χ1) is 11.1. The number of ether oxygens (including phenoxy) is 2. The lowest BCUT2D eigenvalue weighted by atomic mass is 10.1. The second-order valence-corrected chi connectivity index (χ2v) is 6.16. The first-order valence-corrected chi connectivity index (χ1v) is 7.99. The van der Waals surface area contributed by atoms with E-state index in [2.05, 4.69) is 27.0 Å². The van der Waals surface area contributed by atoms with Crippen LogP contribution in [-0.2, 0) is 13.1 Å². The van der Waals surface area contributed by atoms with Crippen molar-refractivity contribution in [3.63, 3.8) is 0 Å². The highest BCUT2D eigenvalue weighted by Crippen LogP contribution is 2.33. The van der Waals surface area contributed by atoms with Gasteiger partial charge in [0, 0.05) is 11.0 Å². The molecule has 23 heavy (non-hydrogen) atoms. The molecule has 0 saturated carbocycles. The number of hydrogen-bond acceptors (Lipinski definition) is 5. The van der Waals surface area contributed by atoms with Crippen LogP contribution in [0, 0.1) is 0 Å². The van der Waals surface area contributed by atoms with E-state index < -0.39 is 0 Å². The normalized spacial score (nSPS) is 13.3. The van der Waals surface area contributed by atoms with Crippen LogP contribution < -0.4 is 15.2 Å². The van der Waals surface area contributed by atoms with Crippen molar-refractivity contribution in [1.29, 1.82) is 0 Å². The zero-order valence-corrected chi connectivity index (χ0v) is 14.6. The number of guanidine groups is 1. The smallest absolute Gasteiger partial charge is 0.197 e. The van der Waals surface area contributed by atoms with Gasteiger partial charge in [-0.2, -0.15) is 0 Å². The van der Waals surface area contributed by atoms with Crippen molar-refractivity contribution in [2.24, 2.45) is 10.7 Å². The molecule has 0 saturated heterocycles. The van der Waals surface area contributed by atoms with Crippen molar-refractivity contribution >= 4 is 27.6 Å². The van der Waals surface area contributed by atoms with Gasteiger partial charge in [0.2, 0.25) is 0 Å². The summed E-state index contributed by atoms with van der Waals surface area (Å²) in [6.07, 6.45) is 0. The molecule has 120 valence electrons. The van der Waals surface area contributed by atoms with E-state index in [1.54, 1.807) is 14.2 Å². The Kier molecular flexibility index (Phi) is 4.43. The fraction of sp³-hybridized carbons (Fsp3) is 0.235. The molecule has 0 unspecified atom stereocenters. The molecule has 0 bridgehead atoms. The second-order valence-electron chi connectivity index (χ2n) is 5.24. The Hall–Kier alpha value is -2.21. The fourth-order valence-corrected chi connectivity index (χ4v) is 3.02. The van der Waals surface area contributed by atoms with E-state index in [9.17, 15) is 0 Å². The molecular formula is C17H18BrN3O2. The zero-order valence-electron chi connectivity index (χ0n) is 13.0. The Morgan fingerprint density at radius 2 is 1.87 bits per heavy atom. The number of fused-ring (bicyclic) bond motifs is 1. The van der Waals surface area contributed by atoms with Gasteiger partial charge in [0.05, 0.1) is 32.0 Å².